The average molecular weight is 361 g/mol. The van der Waals surface area contributed by atoms with E-state index in [0.29, 0.717) is 22.6 Å². The van der Waals surface area contributed by atoms with Crippen LogP contribution in [-0.4, -0.2) is 26.1 Å². The van der Waals surface area contributed by atoms with Crippen molar-refractivity contribution in [3.63, 3.8) is 0 Å². The van der Waals surface area contributed by atoms with E-state index in [1.54, 1.807) is 49.6 Å². The minimum Gasteiger partial charge on any atom is -0.496 e. The molecule has 0 bridgehead atoms. The highest BCUT2D eigenvalue weighted by Crippen LogP contribution is 2.31. The number of amides is 1. The van der Waals surface area contributed by atoms with E-state index < -0.39 is 5.97 Å². The van der Waals surface area contributed by atoms with E-state index in [9.17, 15) is 9.59 Å². The number of nitrogens with one attached hydrogen (secondary N) is 1. The maximum atomic E-state index is 12.7. The Morgan fingerprint density at radius 2 is 1.59 bits per heavy atom. The van der Waals surface area contributed by atoms with Gasteiger partial charge in [0.1, 0.15) is 5.75 Å². The Hall–Kier alpha value is -3.60. The van der Waals surface area contributed by atoms with Crippen LogP contribution in [0, 0.1) is 0 Å². The molecular weight excluding hydrogens is 342 g/mol. The molecule has 27 heavy (non-hydrogen) atoms. The molecule has 3 rings (SSSR count). The largest absolute Gasteiger partial charge is 0.496 e. The van der Waals surface area contributed by atoms with Gasteiger partial charge in [0.15, 0.2) is 0 Å². The van der Waals surface area contributed by atoms with Gasteiger partial charge in [-0.2, -0.15) is 0 Å². The lowest BCUT2D eigenvalue weighted by molar-refractivity contribution is 0.0600. The van der Waals surface area contributed by atoms with E-state index >= 15 is 0 Å². The SMILES string of the molecule is COC(=O)c1cccc(NC(=O)c2ccc(OC)c(-c3ccccc3)c2)c1. The molecule has 0 aliphatic rings. The summed E-state index contributed by atoms with van der Waals surface area (Å²) in [4.78, 5) is 24.3. The fourth-order valence-corrected chi connectivity index (χ4v) is 2.74. The van der Waals surface area contributed by atoms with Crippen molar-refractivity contribution in [3.05, 3.63) is 83.9 Å². The summed E-state index contributed by atoms with van der Waals surface area (Å²) in [5.74, 6) is -0.0517. The number of benzene rings is 3. The Morgan fingerprint density at radius 1 is 0.815 bits per heavy atom. The van der Waals surface area contributed by atoms with Crippen LogP contribution in [0.3, 0.4) is 0 Å². The van der Waals surface area contributed by atoms with Crippen molar-refractivity contribution >= 4 is 17.6 Å². The second-order valence-corrected chi connectivity index (χ2v) is 5.81. The van der Waals surface area contributed by atoms with Gasteiger partial charge in [0.25, 0.3) is 5.91 Å². The number of rotatable bonds is 5. The van der Waals surface area contributed by atoms with Gasteiger partial charge in [-0.05, 0) is 42.0 Å². The Morgan fingerprint density at radius 3 is 2.30 bits per heavy atom. The molecule has 5 heteroatoms. The number of methoxy groups -OCH3 is 2. The summed E-state index contributed by atoms with van der Waals surface area (Å²) in [6.45, 7) is 0. The second kappa shape index (κ2) is 8.19. The van der Waals surface area contributed by atoms with Gasteiger partial charge in [0, 0.05) is 16.8 Å². The standard InChI is InChI=1S/C22H19NO4/c1-26-20-12-11-16(14-19(20)15-7-4-3-5-8-15)21(24)23-18-10-6-9-17(13-18)22(25)27-2/h3-14H,1-2H3,(H,23,24). The first kappa shape index (κ1) is 18.2. The molecule has 0 fully saturated rings. The lowest BCUT2D eigenvalue weighted by Crippen LogP contribution is -2.13. The van der Waals surface area contributed by atoms with Crippen LogP contribution in [0.5, 0.6) is 5.75 Å². The molecule has 0 saturated heterocycles. The third kappa shape index (κ3) is 4.15. The first-order valence-corrected chi connectivity index (χ1v) is 8.35. The fourth-order valence-electron chi connectivity index (χ4n) is 2.74. The van der Waals surface area contributed by atoms with Crippen molar-refractivity contribution in [1.29, 1.82) is 0 Å². The zero-order valence-electron chi connectivity index (χ0n) is 15.1. The molecule has 0 radical (unpaired) electrons. The van der Waals surface area contributed by atoms with Crippen LogP contribution in [-0.2, 0) is 4.74 Å². The van der Waals surface area contributed by atoms with Gasteiger partial charge >= 0.3 is 5.97 Å². The maximum Gasteiger partial charge on any atom is 0.337 e. The Labute approximate surface area is 157 Å². The molecule has 1 N–H and O–H groups in total. The molecule has 0 aromatic heterocycles. The van der Waals surface area contributed by atoms with Crippen molar-refractivity contribution < 1.29 is 19.1 Å². The molecule has 0 aliphatic heterocycles. The number of hydrogen-bond donors (Lipinski definition) is 1. The number of hydrogen-bond acceptors (Lipinski definition) is 4. The summed E-state index contributed by atoms with van der Waals surface area (Å²) in [6, 6.07) is 21.6. The highest BCUT2D eigenvalue weighted by atomic mass is 16.5. The third-order valence-electron chi connectivity index (χ3n) is 4.09. The van der Waals surface area contributed by atoms with Crippen molar-refractivity contribution in [2.45, 2.75) is 0 Å². The number of carbonyl (C=O) groups is 2. The van der Waals surface area contributed by atoms with E-state index in [1.165, 1.54) is 7.11 Å². The molecule has 3 aromatic rings. The molecule has 0 saturated carbocycles. The lowest BCUT2D eigenvalue weighted by Gasteiger charge is -2.12. The van der Waals surface area contributed by atoms with Crippen LogP contribution >= 0.6 is 0 Å². The normalized spacial score (nSPS) is 10.1. The summed E-state index contributed by atoms with van der Waals surface area (Å²) in [5.41, 5.74) is 3.15. The van der Waals surface area contributed by atoms with E-state index in [2.05, 4.69) is 5.32 Å². The zero-order valence-corrected chi connectivity index (χ0v) is 15.1. The smallest absolute Gasteiger partial charge is 0.337 e. The predicted octanol–water partition coefficient (Wildman–Crippen LogP) is 4.40. The number of esters is 1. The Kier molecular flexibility index (Phi) is 5.52. The maximum absolute atomic E-state index is 12.7. The fraction of sp³-hybridized carbons (Fsp3) is 0.0909. The third-order valence-corrected chi connectivity index (χ3v) is 4.09. The zero-order chi connectivity index (χ0) is 19.2. The Balaban J connectivity index is 1.88. The van der Waals surface area contributed by atoms with Gasteiger partial charge in [0.05, 0.1) is 19.8 Å². The van der Waals surface area contributed by atoms with Gasteiger partial charge in [0.2, 0.25) is 0 Å². The average Bonchev–Trinajstić information content (AvgIpc) is 2.73. The summed E-state index contributed by atoms with van der Waals surface area (Å²) in [6.07, 6.45) is 0. The lowest BCUT2D eigenvalue weighted by atomic mass is 10.0. The van der Waals surface area contributed by atoms with Crippen molar-refractivity contribution in [2.75, 3.05) is 19.5 Å². The van der Waals surface area contributed by atoms with E-state index in [-0.39, 0.29) is 5.91 Å². The second-order valence-electron chi connectivity index (χ2n) is 5.81. The summed E-state index contributed by atoms with van der Waals surface area (Å²) in [7, 11) is 2.91. The van der Waals surface area contributed by atoms with Crippen LogP contribution in [0.1, 0.15) is 20.7 Å². The van der Waals surface area contributed by atoms with E-state index in [0.717, 1.165) is 11.1 Å². The van der Waals surface area contributed by atoms with Gasteiger partial charge in [-0.25, -0.2) is 4.79 Å². The topological polar surface area (TPSA) is 64.6 Å². The van der Waals surface area contributed by atoms with Crippen LogP contribution in [0.25, 0.3) is 11.1 Å². The van der Waals surface area contributed by atoms with Crippen LogP contribution < -0.4 is 10.1 Å². The van der Waals surface area contributed by atoms with Crippen molar-refractivity contribution in [1.82, 2.24) is 0 Å². The molecule has 0 heterocycles. The van der Waals surface area contributed by atoms with Gasteiger partial charge in [-0.3, -0.25) is 4.79 Å². The van der Waals surface area contributed by atoms with Crippen LogP contribution in [0.2, 0.25) is 0 Å². The minimum atomic E-state index is -0.457. The molecule has 1 amide bonds. The summed E-state index contributed by atoms with van der Waals surface area (Å²) < 4.78 is 10.1. The van der Waals surface area contributed by atoms with Crippen molar-refractivity contribution in [3.8, 4) is 16.9 Å². The molecular formula is C22H19NO4. The highest BCUT2D eigenvalue weighted by Gasteiger charge is 2.13. The first-order chi connectivity index (χ1) is 13.1. The van der Waals surface area contributed by atoms with E-state index in [4.69, 9.17) is 9.47 Å². The summed E-state index contributed by atoms with van der Waals surface area (Å²) >= 11 is 0. The van der Waals surface area contributed by atoms with E-state index in [1.807, 2.05) is 30.3 Å². The number of carbonyl (C=O) groups excluding carboxylic acids is 2. The minimum absolute atomic E-state index is 0.281. The molecule has 5 nitrogen and oxygen atoms in total. The molecule has 0 unspecified atom stereocenters. The van der Waals surface area contributed by atoms with Gasteiger partial charge < -0.3 is 14.8 Å². The predicted molar refractivity (Wildman–Crippen MR) is 104 cm³/mol. The highest BCUT2D eigenvalue weighted by molar-refractivity contribution is 6.05. The van der Waals surface area contributed by atoms with Crippen LogP contribution in [0.4, 0.5) is 5.69 Å². The molecule has 3 aromatic carbocycles. The summed E-state index contributed by atoms with van der Waals surface area (Å²) in [5, 5.41) is 2.81. The quantitative estimate of drug-likeness (QED) is 0.684. The van der Waals surface area contributed by atoms with Gasteiger partial charge in [-0.1, -0.05) is 36.4 Å². The first-order valence-electron chi connectivity index (χ1n) is 8.35. The molecule has 0 spiro atoms. The monoisotopic (exact) mass is 361 g/mol. The van der Waals surface area contributed by atoms with Crippen molar-refractivity contribution in [2.24, 2.45) is 0 Å². The number of anilines is 1. The van der Waals surface area contributed by atoms with Crippen LogP contribution in [0.15, 0.2) is 72.8 Å². The molecule has 0 aliphatic carbocycles. The number of ether oxygens (including phenoxy) is 2. The van der Waals surface area contributed by atoms with Gasteiger partial charge in [-0.15, -0.1) is 0 Å². The molecule has 136 valence electrons. The molecule has 0 atom stereocenters. The Bertz CT molecular complexity index is 967.